The van der Waals surface area contributed by atoms with Crippen LogP contribution in [0.1, 0.15) is 42.8 Å². The fourth-order valence-corrected chi connectivity index (χ4v) is 3.52. The van der Waals surface area contributed by atoms with Crippen LogP contribution in [0.15, 0.2) is 29.8 Å². The van der Waals surface area contributed by atoms with E-state index in [2.05, 4.69) is 15.3 Å². The summed E-state index contributed by atoms with van der Waals surface area (Å²) in [6.45, 7) is 2.62. The van der Waals surface area contributed by atoms with Crippen LogP contribution in [0.2, 0.25) is 0 Å². The van der Waals surface area contributed by atoms with E-state index in [-0.39, 0.29) is 5.91 Å². The Bertz CT molecular complexity index is 736. The van der Waals surface area contributed by atoms with Crippen molar-refractivity contribution in [3.63, 3.8) is 0 Å². The summed E-state index contributed by atoms with van der Waals surface area (Å²) in [4.78, 5) is 20.7. The van der Waals surface area contributed by atoms with Crippen molar-refractivity contribution < 1.29 is 9.53 Å². The van der Waals surface area contributed by atoms with Crippen molar-refractivity contribution >= 4 is 29.1 Å². The number of amides is 1. The van der Waals surface area contributed by atoms with E-state index >= 15 is 0 Å². The molecule has 1 aliphatic rings. The van der Waals surface area contributed by atoms with Crippen LogP contribution in [0.3, 0.4) is 0 Å². The number of ether oxygens (including phenoxy) is 1. The Morgan fingerprint density at radius 1 is 1.40 bits per heavy atom. The first kappa shape index (κ1) is 17.6. The van der Waals surface area contributed by atoms with E-state index in [9.17, 15) is 4.79 Å². The number of pyridine rings is 1. The van der Waals surface area contributed by atoms with Crippen LogP contribution in [0.4, 0.5) is 5.82 Å². The molecule has 1 fully saturated rings. The molecule has 25 heavy (non-hydrogen) atoms. The zero-order valence-electron chi connectivity index (χ0n) is 14.4. The summed E-state index contributed by atoms with van der Waals surface area (Å²) in [5, 5.41) is 5.68. The number of rotatable bonds is 6. The van der Waals surface area contributed by atoms with Crippen molar-refractivity contribution in [3.8, 4) is 5.75 Å². The fraction of sp³-hybridized carbons (Fsp3) is 0.421. The summed E-state index contributed by atoms with van der Waals surface area (Å²) >= 11 is 1.56. The van der Waals surface area contributed by atoms with Crippen molar-refractivity contribution in [1.29, 1.82) is 0 Å². The van der Waals surface area contributed by atoms with E-state index in [0.29, 0.717) is 24.1 Å². The molecule has 0 atom stereocenters. The molecule has 3 rings (SSSR count). The average Bonchev–Trinajstić information content (AvgIpc) is 3.05. The topological polar surface area (TPSA) is 64.1 Å². The zero-order chi connectivity index (χ0) is 17.5. The number of anilines is 1. The maximum Gasteiger partial charge on any atom is 0.249 e. The predicted octanol–water partition coefficient (Wildman–Crippen LogP) is 4.46. The first-order valence-electron chi connectivity index (χ1n) is 8.70. The minimum atomic E-state index is -0.244. The Kier molecular flexibility index (Phi) is 6.17. The van der Waals surface area contributed by atoms with Crippen molar-refractivity contribution in [2.45, 2.75) is 39.0 Å². The lowest BCUT2D eigenvalue weighted by molar-refractivity contribution is -0.111. The standard InChI is InChI=1S/C19H23N3O2S/c1-14-21-16(13-25-14)9-10-18(23)22-19-17(8-5-11-20-19)24-12-15-6-3-2-4-7-15/h5,8-11,13,15H,2-4,6-7,12H2,1H3,(H,20,22,23)/b10-9+. The van der Waals surface area contributed by atoms with Gasteiger partial charge in [0.1, 0.15) is 0 Å². The maximum atomic E-state index is 12.1. The molecule has 0 saturated heterocycles. The van der Waals surface area contributed by atoms with Crippen LogP contribution in [-0.2, 0) is 4.79 Å². The quantitative estimate of drug-likeness (QED) is 0.775. The number of nitrogens with zero attached hydrogens (tertiary/aromatic N) is 2. The monoisotopic (exact) mass is 357 g/mol. The van der Waals surface area contributed by atoms with Gasteiger partial charge in [0.2, 0.25) is 5.91 Å². The van der Waals surface area contributed by atoms with Gasteiger partial charge in [0, 0.05) is 17.7 Å². The molecule has 2 aromatic rings. The minimum absolute atomic E-state index is 0.244. The highest BCUT2D eigenvalue weighted by Gasteiger charge is 2.15. The predicted molar refractivity (Wildman–Crippen MR) is 101 cm³/mol. The molecule has 2 aromatic heterocycles. The van der Waals surface area contributed by atoms with Crippen molar-refractivity contribution in [1.82, 2.24) is 9.97 Å². The normalized spacial score (nSPS) is 15.4. The molecule has 0 radical (unpaired) electrons. The van der Waals surface area contributed by atoms with Crippen molar-refractivity contribution in [3.05, 3.63) is 40.5 Å². The number of nitrogens with one attached hydrogen (secondary N) is 1. The first-order valence-corrected chi connectivity index (χ1v) is 9.57. The van der Waals surface area contributed by atoms with Gasteiger partial charge in [-0.1, -0.05) is 19.3 Å². The summed E-state index contributed by atoms with van der Waals surface area (Å²) in [6, 6.07) is 3.67. The second-order valence-electron chi connectivity index (χ2n) is 6.28. The molecule has 0 spiro atoms. The third-order valence-corrected chi connectivity index (χ3v) is 5.05. The number of aryl methyl sites for hydroxylation is 1. The largest absolute Gasteiger partial charge is 0.489 e. The third kappa shape index (κ3) is 5.39. The van der Waals surface area contributed by atoms with E-state index in [1.165, 1.54) is 38.2 Å². The Hall–Kier alpha value is -2.21. The van der Waals surface area contributed by atoms with Crippen LogP contribution in [-0.4, -0.2) is 22.5 Å². The summed E-state index contributed by atoms with van der Waals surface area (Å²) in [7, 11) is 0. The summed E-state index contributed by atoms with van der Waals surface area (Å²) in [5.41, 5.74) is 0.785. The van der Waals surface area contributed by atoms with Gasteiger partial charge in [-0.3, -0.25) is 4.79 Å². The Morgan fingerprint density at radius 3 is 3.00 bits per heavy atom. The lowest BCUT2D eigenvalue weighted by Gasteiger charge is -2.22. The molecule has 132 valence electrons. The highest BCUT2D eigenvalue weighted by molar-refractivity contribution is 7.09. The fourth-order valence-electron chi connectivity index (χ4n) is 2.94. The van der Waals surface area contributed by atoms with Gasteiger partial charge < -0.3 is 10.1 Å². The lowest BCUT2D eigenvalue weighted by Crippen LogP contribution is -2.17. The molecule has 0 bridgehead atoms. The number of carbonyl (C=O) groups excluding carboxylic acids is 1. The molecular weight excluding hydrogens is 334 g/mol. The molecule has 2 heterocycles. The molecule has 0 aliphatic heterocycles. The van der Waals surface area contributed by atoms with E-state index < -0.39 is 0 Å². The SMILES string of the molecule is Cc1nc(/C=C/C(=O)Nc2ncccc2OCC2CCCCC2)cs1. The molecule has 1 saturated carbocycles. The van der Waals surface area contributed by atoms with E-state index in [0.717, 1.165) is 10.7 Å². The molecule has 0 aromatic carbocycles. The van der Waals surface area contributed by atoms with Crippen LogP contribution in [0.25, 0.3) is 6.08 Å². The van der Waals surface area contributed by atoms with Gasteiger partial charge in [-0.25, -0.2) is 9.97 Å². The van der Waals surface area contributed by atoms with Crippen molar-refractivity contribution in [2.24, 2.45) is 5.92 Å². The average molecular weight is 357 g/mol. The number of thiazole rings is 1. The second kappa shape index (κ2) is 8.76. The van der Waals surface area contributed by atoms with E-state index in [1.54, 1.807) is 23.6 Å². The first-order chi connectivity index (χ1) is 12.2. The summed E-state index contributed by atoms with van der Waals surface area (Å²) in [5.74, 6) is 1.44. The van der Waals surface area contributed by atoms with Gasteiger partial charge in [0.15, 0.2) is 11.6 Å². The maximum absolute atomic E-state index is 12.1. The molecule has 5 nitrogen and oxygen atoms in total. The Morgan fingerprint density at radius 2 is 2.24 bits per heavy atom. The van der Waals surface area contributed by atoms with E-state index in [4.69, 9.17) is 4.74 Å². The summed E-state index contributed by atoms with van der Waals surface area (Å²) in [6.07, 6.45) is 11.1. The van der Waals surface area contributed by atoms with Gasteiger partial charge >= 0.3 is 0 Å². The number of hydrogen-bond acceptors (Lipinski definition) is 5. The summed E-state index contributed by atoms with van der Waals surface area (Å²) < 4.78 is 5.93. The van der Waals surface area contributed by atoms with Crippen LogP contribution >= 0.6 is 11.3 Å². The molecule has 1 amide bonds. The smallest absolute Gasteiger partial charge is 0.249 e. The minimum Gasteiger partial charge on any atom is -0.489 e. The lowest BCUT2D eigenvalue weighted by atomic mass is 9.90. The van der Waals surface area contributed by atoms with Crippen LogP contribution in [0, 0.1) is 12.8 Å². The molecule has 1 N–H and O–H groups in total. The van der Waals surface area contributed by atoms with Gasteiger partial charge in [-0.15, -0.1) is 11.3 Å². The Labute approximate surface area is 152 Å². The van der Waals surface area contributed by atoms with Gasteiger partial charge in [-0.2, -0.15) is 0 Å². The molecule has 1 aliphatic carbocycles. The van der Waals surface area contributed by atoms with Crippen LogP contribution < -0.4 is 10.1 Å². The highest BCUT2D eigenvalue weighted by atomic mass is 32.1. The highest BCUT2D eigenvalue weighted by Crippen LogP contribution is 2.27. The van der Waals surface area contributed by atoms with Crippen LogP contribution in [0.5, 0.6) is 5.75 Å². The second-order valence-corrected chi connectivity index (χ2v) is 7.34. The van der Waals surface area contributed by atoms with Gasteiger partial charge in [-0.05, 0) is 43.9 Å². The molecule has 0 unspecified atom stereocenters. The third-order valence-electron chi connectivity index (χ3n) is 4.25. The van der Waals surface area contributed by atoms with E-state index in [1.807, 2.05) is 24.4 Å². The zero-order valence-corrected chi connectivity index (χ0v) is 15.2. The number of aromatic nitrogens is 2. The van der Waals surface area contributed by atoms with Crippen molar-refractivity contribution in [2.75, 3.05) is 11.9 Å². The van der Waals surface area contributed by atoms with Gasteiger partial charge in [0.05, 0.1) is 17.3 Å². The van der Waals surface area contributed by atoms with Gasteiger partial charge in [0.25, 0.3) is 0 Å². The Balaban J connectivity index is 1.58. The number of carbonyl (C=O) groups is 1. The molecular formula is C19H23N3O2S. The number of hydrogen-bond donors (Lipinski definition) is 1. The molecule has 6 heteroatoms.